The molecule has 8 nitrogen and oxygen atoms in total. The van der Waals surface area contributed by atoms with E-state index in [0.29, 0.717) is 0 Å². The lowest BCUT2D eigenvalue weighted by Gasteiger charge is -2.45. The Labute approximate surface area is 148 Å². The molecule has 2 bridgehead atoms. The van der Waals surface area contributed by atoms with Gasteiger partial charge in [-0.15, -0.1) is 0 Å². The second kappa shape index (κ2) is 5.78. The number of carbonyl (C=O) groups is 3. The number of alkyl carbamates (subject to hydrolysis) is 1. The van der Waals surface area contributed by atoms with Crippen molar-refractivity contribution >= 4 is 18.2 Å². The fourth-order valence-electron chi connectivity index (χ4n) is 3.47. The fourth-order valence-corrected chi connectivity index (χ4v) is 3.47. The third-order valence-corrected chi connectivity index (χ3v) is 4.18. The highest BCUT2D eigenvalue weighted by molar-refractivity contribution is 5.90. The maximum atomic E-state index is 12.5. The molecule has 142 valence electrons. The van der Waals surface area contributed by atoms with Crippen LogP contribution in [0.15, 0.2) is 0 Å². The first-order valence-corrected chi connectivity index (χ1v) is 8.32. The summed E-state index contributed by atoms with van der Waals surface area (Å²) in [6.07, 6.45) is -0.601. The van der Waals surface area contributed by atoms with Crippen molar-refractivity contribution in [1.82, 2.24) is 10.2 Å². The van der Waals surface area contributed by atoms with Crippen LogP contribution in [0.25, 0.3) is 0 Å². The van der Waals surface area contributed by atoms with Crippen LogP contribution in [-0.2, 0) is 19.0 Å². The van der Waals surface area contributed by atoms with Gasteiger partial charge >= 0.3 is 18.2 Å². The van der Waals surface area contributed by atoms with E-state index >= 15 is 0 Å². The Morgan fingerprint density at radius 2 is 1.48 bits per heavy atom. The minimum absolute atomic E-state index is 0.177. The van der Waals surface area contributed by atoms with E-state index in [0.717, 1.165) is 0 Å². The quantitative estimate of drug-likeness (QED) is 0.602. The van der Waals surface area contributed by atoms with Crippen molar-refractivity contribution < 1.29 is 28.6 Å². The number of rotatable bonds is 2. The summed E-state index contributed by atoms with van der Waals surface area (Å²) in [6.45, 7) is 10.7. The Kier molecular flexibility index (Phi) is 4.47. The molecule has 1 saturated carbocycles. The maximum Gasteiger partial charge on any atom is 0.411 e. The molecule has 2 aliphatic heterocycles. The van der Waals surface area contributed by atoms with Gasteiger partial charge in [0.25, 0.3) is 0 Å². The van der Waals surface area contributed by atoms with Gasteiger partial charge < -0.3 is 19.5 Å². The van der Waals surface area contributed by atoms with E-state index in [-0.39, 0.29) is 19.4 Å². The lowest BCUT2D eigenvalue weighted by Crippen LogP contribution is -2.64. The lowest BCUT2D eigenvalue weighted by molar-refractivity contribution is -0.157. The first kappa shape index (κ1) is 19.3. The molecule has 0 radical (unpaired) electrons. The highest BCUT2D eigenvalue weighted by atomic mass is 16.6. The van der Waals surface area contributed by atoms with Gasteiger partial charge in [0, 0.05) is 19.4 Å². The fraction of sp³-hybridized carbons (Fsp3) is 0.824. The van der Waals surface area contributed by atoms with Gasteiger partial charge in [-0.3, -0.25) is 4.90 Å². The average molecular weight is 356 g/mol. The maximum absolute atomic E-state index is 12.5. The van der Waals surface area contributed by atoms with Crippen molar-refractivity contribution in [1.29, 1.82) is 0 Å². The topological polar surface area (TPSA) is 94.2 Å². The molecule has 3 aliphatic rings. The number of nitrogens with one attached hydrogen (secondary N) is 1. The summed E-state index contributed by atoms with van der Waals surface area (Å²) in [5.41, 5.74) is -3.11. The highest BCUT2D eigenvalue weighted by Gasteiger charge is 2.72. The highest BCUT2D eigenvalue weighted by Crippen LogP contribution is 2.54. The van der Waals surface area contributed by atoms with Crippen LogP contribution in [0.4, 0.5) is 9.59 Å². The number of nitrogens with zero attached hydrogens (tertiary/aromatic N) is 1. The van der Waals surface area contributed by atoms with Crippen molar-refractivity contribution in [2.45, 2.75) is 76.7 Å². The predicted molar refractivity (Wildman–Crippen MR) is 89.0 cm³/mol. The van der Waals surface area contributed by atoms with Gasteiger partial charge in [-0.2, -0.15) is 0 Å². The van der Waals surface area contributed by atoms with Crippen LogP contribution in [0.3, 0.4) is 0 Å². The van der Waals surface area contributed by atoms with E-state index in [2.05, 4.69) is 5.32 Å². The van der Waals surface area contributed by atoms with Crippen LogP contribution >= 0.6 is 0 Å². The molecule has 0 aromatic heterocycles. The summed E-state index contributed by atoms with van der Waals surface area (Å²) in [7, 11) is 1.28. The van der Waals surface area contributed by atoms with E-state index in [1.165, 1.54) is 12.0 Å². The van der Waals surface area contributed by atoms with Gasteiger partial charge in [0.15, 0.2) is 0 Å². The molecule has 0 aromatic carbocycles. The van der Waals surface area contributed by atoms with Crippen LogP contribution in [0.1, 0.15) is 54.4 Å². The summed E-state index contributed by atoms with van der Waals surface area (Å²) in [4.78, 5) is 38.3. The number of ether oxygens (including phenoxy) is 3. The Balaban J connectivity index is 2.16. The number of carbonyl (C=O) groups excluding carboxylic acids is 3. The van der Waals surface area contributed by atoms with Crippen LogP contribution in [0.5, 0.6) is 0 Å². The number of hydrogen-bond donors (Lipinski definition) is 1. The summed E-state index contributed by atoms with van der Waals surface area (Å²) in [6, 6.07) is 0. The molecular weight excluding hydrogens is 328 g/mol. The second-order valence-electron chi connectivity index (χ2n) is 8.85. The SMILES string of the molecule is COC(=O)C12CC(NC(=O)OC(C)(C)C)(CN1C(=O)OC(C)(C)C)C2. The average Bonchev–Trinajstić information content (AvgIpc) is 2.84. The van der Waals surface area contributed by atoms with E-state index in [1.54, 1.807) is 41.5 Å². The molecule has 1 aliphatic carbocycles. The van der Waals surface area contributed by atoms with Gasteiger partial charge in [-0.25, -0.2) is 14.4 Å². The van der Waals surface area contributed by atoms with Crippen LogP contribution in [-0.4, -0.2) is 59.0 Å². The van der Waals surface area contributed by atoms with Gasteiger partial charge in [0.2, 0.25) is 0 Å². The van der Waals surface area contributed by atoms with E-state index < -0.39 is 40.4 Å². The van der Waals surface area contributed by atoms with Crippen molar-refractivity contribution in [3.63, 3.8) is 0 Å². The first-order chi connectivity index (χ1) is 11.2. The molecule has 2 heterocycles. The molecular formula is C17H28N2O6. The van der Waals surface area contributed by atoms with Gasteiger partial charge in [-0.1, -0.05) is 0 Å². The van der Waals surface area contributed by atoms with E-state index in [4.69, 9.17) is 14.2 Å². The summed E-state index contributed by atoms with van der Waals surface area (Å²) >= 11 is 0. The van der Waals surface area contributed by atoms with Crippen molar-refractivity contribution in [2.24, 2.45) is 0 Å². The Hall–Kier alpha value is -1.99. The van der Waals surface area contributed by atoms with Gasteiger partial charge in [0.1, 0.15) is 16.7 Å². The van der Waals surface area contributed by atoms with Crippen molar-refractivity contribution in [3.05, 3.63) is 0 Å². The van der Waals surface area contributed by atoms with Crippen molar-refractivity contribution in [2.75, 3.05) is 13.7 Å². The molecule has 1 N–H and O–H groups in total. The largest absolute Gasteiger partial charge is 0.467 e. The van der Waals surface area contributed by atoms with Gasteiger partial charge in [0.05, 0.1) is 12.6 Å². The molecule has 3 fully saturated rings. The number of methoxy groups -OCH3 is 1. The number of hydrogen-bond acceptors (Lipinski definition) is 6. The minimum Gasteiger partial charge on any atom is -0.467 e. The zero-order valence-electron chi connectivity index (χ0n) is 16.0. The second-order valence-corrected chi connectivity index (χ2v) is 8.85. The monoisotopic (exact) mass is 356 g/mol. The molecule has 0 atom stereocenters. The lowest BCUT2D eigenvalue weighted by atomic mass is 9.67. The molecule has 8 heteroatoms. The summed E-state index contributed by atoms with van der Waals surface area (Å²) < 4.78 is 15.6. The molecule has 25 heavy (non-hydrogen) atoms. The molecule has 0 unspecified atom stereocenters. The van der Waals surface area contributed by atoms with E-state index in [9.17, 15) is 14.4 Å². The predicted octanol–water partition coefficient (Wildman–Crippen LogP) is 2.21. The standard InChI is InChI=1S/C17H28N2O6/c1-14(2,3)24-12(21)18-16-8-17(9-16,11(20)23-7)19(10-16)13(22)25-15(4,5)6/h8-10H2,1-7H3,(H,18,21). The normalized spacial score (nSPS) is 28.0. The first-order valence-electron chi connectivity index (χ1n) is 8.32. The Bertz CT molecular complexity index is 581. The number of esters is 1. The minimum atomic E-state index is -1.09. The van der Waals surface area contributed by atoms with Crippen molar-refractivity contribution in [3.8, 4) is 0 Å². The van der Waals surface area contributed by atoms with Gasteiger partial charge in [-0.05, 0) is 41.5 Å². The number of amides is 2. The zero-order valence-corrected chi connectivity index (χ0v) is 16.0. The third-order valence-electron chi connectivity index (χ3n) is 4.18. The van der Waals surface area contributed by atoms with Crippen LogP contribution in [0, 0.1) is 0 Å². The Morgan fingerprint density at radius 3 is 1.92 bits per heavy atom. The Morgan fingerprint density at radius 1 is 0.960 bits per heavy atom. The summed E-state index contributed by atoms with van der Waals surface area (Å²) in [5.74, 6) is -0.502. The molecule has 0 spiro atoms. The molecule has 2 saturated heterocycles. The summed E-state index contributed by atoms with van der Waals surface area (Å²) in [5, 5.41) is 2.81. The van der Waals surface area contributed by atoms with E-state index in [1.807, 2.05) is 0 Å². The third kappa shape index (κ3) is 3.82. The smallest absolute Gasteiger partial charge is 0.411 e. The molecule has 3 rings (SSSR count). The molecule has 2 amide bonds. The number of fused-ring (bicyclic) bond motifs is 1. The zero-order chi connectivity index (χ0) is 19.3. The van der Waals surface area contributed by atoms with Crippen LogP contribution < -0.4 is 5.32 Å². The molecule has 0 aromatic rings. The van der Waals surface area contributed by atoms with Crippen LogP contribution in [0.2, 0.25) is 0 Å².